The topological polar surface area (TPSA) is 79.4 Å². The minimum Gasteiger partial charge on any atom is -0.384 e. The van der Waals surface area contributed by atoms with Crippen molar-refractivity contribution in [2.24, 2.45) is 5.73 Å². The zero-order valence-electron chi connectivity index (χ0n) is 11.8. The van der Waals surface area contributed by atoms with Crippen molar-refractivity contribution < 1.29 is 14.3 Å². The number of carbonyl (C=O) groups excluding carboxylic acids is 1. The van der Waals surface area contributed by atoms with Gasteiger partial charge in [-0.25, -0.2) is 4.98 Å². The molecule has 6 heteroatoms. The average Bonchev–Trinajstić information content (AvgIpc) is 2.79. The fraction of sp³-hybridized carbons (Fsp3) is 0.429. The van der Waals surface area contributed by atoms with Crippen LogP contribution in [0.25, 0.3) is 11.0 Å². The predicted octanol–water partition coefficient (Wildman–Crippen LogP) is 0.971. The maximum atomic E-state index is 11.2. The summed E-state index contributed by atoms with van der Waals surface area (Å²) in [6, 6.07) is 5.31. The monoisotopic (exact) mass is 277 g/mol. The van der Waals surface area contributed by atoms with Crippen LogP contribution in [0.4, 0.5) is 0 Å². The van der Waals surface area contributed by atoms with Gasteiger partial charge in [0, 0.05) is 32.7 Å². The molecule has 2 N–H and O–H groups in total. The Morgan fingerprint density at radius 1 is 1.30 bits per heavy atom. The van der Waals surface area contributed by atoms with E-state index in [1.54, 1.807) is 26.4 Å². The Morgan fingerprint density at radius 2 is 2.05 bits per heavy atom. The van der Waals surface area contributed by atoms with Crippen LogP contribution >= 0.6 is 0 Å². The van der Waals surface area contributed by atoms with Gasteiger partial charge in [-0.1, -0.05) is 0 Å². The highest BCUT2D eigenvalue weighted by Gasteiger charge is 2.12. The fourth-order valence-electron chi connectivity index (χ4n) is 2.15. The Hall–Kier alpha value is -1.92. The van der Waals surface area contributed by atoms with E-state index >= 15 is 0 Å². The Bertz CT molecular complexity index is 607. The Balaban J connectivity index is 2.44. The van der Waals surface area contributed by atoms with Crippen LogP contribution in [0.5, 0.6) is 0 Å². The second-order valence-electron chi connectivity index (χ2n) is 4.48. The van der Waals surface area contributed by atoms with E-state index in [1.807, 2.05) is 6.07 Å². The third-order valence-corrected chi connectivity index (χ3v) is 3.16. The molecule has 0 saturated heterocycles. The van der Waals surface area contributed by atoms with E-state index < -0.39 is 5.91 Å². The number of methoxy groups -OCH3 is 2. The molecule has 108 valence electrons. The molecule has 1 amide bonds. The molecule has 0 aliphatic carbocycles. The maximum absolute atomic E-state index is 11.2. The normalized spacial score (nSPS) is 11.1. The minimum atomic E-state index is -0.447. The molecule has 0 spiro atoms. The first-order valence-electron chi connectivity index (χ1n) is 6.44. The summed E-state index contributed by atoms with van der Waals surface area (Å²) in [5, 5.41) is 0. The summed E-state index contributed by atoms with van der Waals surface area (Å²) in [6.45, 7) is 1.91. The molecule has 1 heterocycles. The number of nitrogens with two attached hydrogens (primary N) is 1. The van der Waals surface area contributed by atoms with E-state index in [2.05, 4.69) is 9.55 Å². The number of rotatable bonds is 7. The number of fused-ring (bicyclic) bond motifs is 1. The van der Waals surface area contributed by atoms with Crippen molar-refractivity contribution in [3.63, 3.8) is 0 Å². The lowest BCUT2D eigenvalue weighted by Gasteiger charge is -2.08. The van der Waals surface area contributed by atoms with Crippen LogP contribution < -0.4 is 5.73 Å². The van der Waals surface area contributed by atoms with Crippen molar-refractivity contribution in [3.8, 4) is 0 Å². The number of hydrogen-bond donors (Lipinski definition) is 1. The van der Waals surface area contributed by atoms with Crippen LogP contribution in [0.3, 0.4) is 0 Å². The quantitative estimate of drug-likeness (QED) is 0.818. The highest BCUT2D eigenvalue weighted by molar-refractivity contribution is 5.96. The average molecular weight is 277 g/mol. The number of benzene rings is 1. The fourth-order valence-corrected chi connectivity index (χ4v) is 2.15. The molecule has 0 atom stereocenters. The van der Waals surface area contributed by atoms with Gasteiger partial charge in [0.05, 0.1) is 24.2 Å². The van der Waals surface area contributed by atoms with Gasteiger partial charge in [0.15, 0.2) is 0 Å². The van der Waals surface area contributed by atoms with E-state index in [0.717, 1.165) is 16.9 Å². The molecule has 0 unspecified atom stereocenters. The molecular weight excluding hydrogens is 258 g/mol. The van der Waals surface area contributed by atoms with Crippen LogP contribution in [0, 0.1) is 0 Å². The number of ether oxygens (including phenoxy) is 2. The number of primary amides is 1. The SMILES string of the molecule is COCCc1nc2cc(C(N)=O)ccc2n1CCOC. The number of amides is 1. The molecule has 2 aromatic rings. The molecule has 1 aromatic carbocycles. The highest BCUT2D eigenvalue weighted by atomic mass is 16.5. The molecule has 2 rings (SSSR count). The van der Waals surface area contributed by atoms with Gasteiger partial charge in [-0.15, -0.1) is 0 Å². The van der Waals surface area contributed by atoms with Crippen molar-refractivity contribution in [1.82, 2.24) is 9.55 Å². The van der Waals surface area contributed by atoms with E-state index in [0.29, 0.717) is 31.7 Å². The second kappa shape index (κ2) is 6.49. The number of aromatic nitrogens is 2. The first kappa shape index (κ1) is 14.5. The molecule has 0 saturated carbocycles. The van der Waals surface area contributed by atoms with E-state index in [9.17, 15) is 4.79 Å². The van der Waals surface area contributed by atoms with E-state index in [4.69, 9.17) is 15.2 Å². The molecule has 0 aliphatic rings. The van der Waals surface area contributed by atoms with E-state index in [1.165, 1.54) is 0 Å². The van der Waals surface area contributed by atoms with Crippen LogP contribution in [-0.2, 0) is 22.4 Å². The largest absolute Gasteiger partial charge is 0.384 e. The number of imidazole rings is 1. The molecule has 0 radical (unpaired) electrons. The van der Waals surface area contributed by atoms with Crippen LogP contribution in [-0.4, -0.2) is 42.9 Å². The van der Waals surface area contributed by atoms with E-state index in [-0.39, 0.29) is 0 Å². The van der Waals surface area contributed by atoms with Crippen molar-refractivity contribution >= 4 is 16.9 Å². The van der Waals surface area contributed by atoms with Crippen molar-refractivity contribution in [3.05, 3.63) is 29.6 Å². The first-order chi connectivity index (χ1) is 9.67. The summed E-state index contributed by atoms with van der Waals surface area (Å²) in [7, 11) is 3.33. The lowest BCUT2D eigenvalue weighted by molar-refractivity contribution is 0.100. The minimum absolute atomic E-state index is 0.447. The lowest BCUT2D eigenvalue weighted by Crippen LogP contribution is -2.11. The summed E-state index contributed by atoms with van der Waals surface area (Å²) in [4.78, 5) is 15.8. The second-order valence-corrected chi connectivity index (χ2v) is 4.48. The third kappa shape index (κ3) is 2.97. The Labute approximate surface area is 117 Å². The third-order valence-electron chi connectivity index (χ3n) is 3.16. The van der Waals surface area contributed by atoms with Gasteiger partial charge in [0.2, 0.25) is 5.91 Å². The van der Waals surface area contributed by atoms with Gasteiger partial charge in [0.1, 0.15) is 5.82 Å². The summed E-state index contributed by atoms with van der Waals surface area (Å²) >= 11 is 0. The molecule has 20 heavy (non-hydrogen) atoms. The molecule has 0 aliphatic heterocycles. The standard InChI is InChI=1S/C14H19N3O3/c1-19-7-5-13-16-11-9-10(14(15)18)3-4-12(11)17(13)6-8-20-2/h3-4,9H,5-8H2,1-2H3,(H2,15,18). The molecular formula is C14H19N3O3. The zero-order valence-corrected chi connectivity index (χ0v) is 11.8. The van der Waals surface area contributed by atoms with Gasteiger partial charge in [-0.05, 0) is 18.2 Å². The molecule has 0 fully saturated rings. The summed E-state index contributed by atoms with van der Waals surface area (Å²) in [5.74, 6) is 0.470. The summed E-state index contributed by atoms with van der Waals surface area (Å²) in [6.07, 6.45) is 0.709. The summed E-state index contributed by atoms with van der Waals surface area (Å²) < 4.78 is 12.3. The van der Waals surface area contributed by atoms with Gasteiger partial charge < -0.3 is 19.8 Å². The van der Waals surface area contributed by atoms with Gasteiger partial charge in [-0.2, -0.15) is 0 Å². The zero-order chi connectivity index (χ0) is 14.5. The number of carbonyl (C=O) groups is 1. The van der Waals surface area contributed by atoms with Gasteiger partial charge >= 0.3 is 0 Å². The van der Waals surface area contributed by atoms with Crippen LogP contribution in [0.1, 0.15) is 16.2 Å². The smallest absolute Gasteiger partial charge is 0.248 e. The molecule has 1 aromatic heterocycles. The lowest BCUT2D eigenvalue weighted by atomic mass is 10.2. The molecule has 6 nitrogen and oxygen atoms in total. The van der Waals surface area contributed by atoms with Crippen molar-refractivity contribution in [1.29, 1.82) is 0 Å². The number of hydrogen-bond acceptors (Lipinski definition) is 4. The van der Waals surface area contributed by atoms with Gasteiger partial charge in [-0.3, -0.25) is 4.79 Å². The van der Waals surface area contributed by atoms with Crippen molar-refractivity contribution in [2.75, 3.05) is 27.4 Å². The maximum Gasteiger partial charge on any atom is 0.248 e. The molecule has 0 bridgehead atoms. The Kier molecular flexibility index (Phi) is 4.70. The van der Waals surface area contributed by atoms with Crippen LogP contribution in [0.15, 0.2) is 18.2 Å². The van der Waals surface area contributed by atoms with Crippen molar-refractivity contribution in [2.45, 2.75) is 13.0 Å². The number of nitrogens with zero attached hydrogens (tertiary/aromatic N) is 2. The first-order valence-corrected chi connectivity index (χ1v) is 6.44. The Morgan fingerprint density at radius 3 is 2.70 bits per heavy atom. The summed E-state index contributed by atoms with van der Waals surface area (Å²) in [5.41, 5.74) is 7.50. The predicted molar refractivity (Wildman–Crippen MR) is 75.7 cm³/mol. The highest BCUT2D eigenvalue weighted by Crippen LogP contribution is 2.18. The van der Waals surface area contributed by atoms with Gasteiger partial charge in [0.25, 0.3) is 0 Å². The van der Waals surface area contributed by atoms with Crippen LogP contribution in [0.2, 0.25) is 0 Å².